The van der Waals surface area contributed by atoms with Gasteiger partial charge in [-0.05, 0) is 49.8 Å². The summed E-state index contributed by atoms with van der Waals surface area (Å²) in [6, 6.07) is 8.64. The van der Waals surface area contributed by atoms with Crippen LogP contribution >= 0.6 is 35.6 Å². The molecule has 3 rings (SSSR count). The SMILES string of the molecule is CN=C(NCCCOC1CCOCC1)NC1CCN(Cc2ccc(Cl)cc2)CC1.I. The van der Waals surface area contributed by atoms with Gasteiger partial charge in [-0.2, -0.15) is 0 Å². The van der Waals surface area contributed by atoms with Crippen molar-refractivity contribution in [3.05, 3.63) is 34.9 Å². The molecule has 2 N–H and O–H groups in total. The summed E-state index contributed by atoms with van der Waals surface area (Å²) >= 11 is 5.97. The van der Waals surface area contributed by atoms with Gasteiger partial charge in [-0.25, -0.2) is 0 Å². The second-order valence-electron chi connectivity index (χ2n) is 7.86. The molecule has 1 aromatic carbocycles. The Morgan fingerprint density at radius 3 is 2.53 bits per heavy atom. The maximum Gasteiger partial charge on any atom is 0.191 e. The number of rotatable bonds is 8. The van der Waals surface area contributed by atoms with Gasteiger partial charge in [0.15, 0.2) is 5.96 Å². The molecule has 6 nitrogen and oxygen atoms in total. The minimum absolute atomic E-state index is 0. The van der Waals surface area contributed by atoms with Gasteiger partial charge in [0, 0.05) is 64.1 Å². The van der Waals surface area contributed by atoms with Crippen LogP contribution in [0, 0.1) is 0 Å². The fraction of sp³-hybridized carbons (Fsp3) is 0.682. The van der Waals surface area contributed by atoms with Crippen LogP contribution in [-0.2, 0) is 16.0 Å². The van der Waals surface area contributed by atoms with Crippen molar-refractivity contribution < 1.29 is 9.47 Å². The van der Waals surface area contributed by atoms with Gasteiger partial charge in [-0.3, -0.25) is 9.89 Å². The largest absolute Gasteiger partial charge is 0.381 e. The molecule has 2 fully saturated rings. The molecule has 2 heterocycles. The Morgan fingerprint density at radius 1 is 1.17 bits per heavy atom. The molecule has 2 saturated heterocycles. The average molecular weight is 551 g/mol. The number of aliphatic imine (C=N–C) groups is 1. The van der Waals surface area contributed by atoms with E-state index in [-0.39, 0.29) is 24.0 Å². The number of hydrogen-bond donors (Lipinski definition) is 2. The van der Waals surface area contributed by atoms with E-state index < -0.39 is 0 Å². The Balaban J connectivity index is 0.00000320. The number of guanidine groups is 1. The van der Waals surface area contributed by atoms with Gasteiger partial charge in [0.05, 0.1) is 6.10 Å². The van der Waals surface area contributed by atoms with Gasteiger partial charge in [0.2, 0.25) is 0 Å². The maximum atomic E-state index is 5.97. The number of nitrogens with one attached hydrogen (secondary N) is 2. The van der Waals surface area contributed by atoms with Crippen LogP contribution in [0.3, 0.4) is 0 Å². The number of piperidine rings is 1. The number of nitrogens with zero attached hydrogens (tertiary/aromatic N) is 2. The number of likely N-dealkylation sites (tertiary alicyclic amines) is 1. The molecule has 0 saturated carbocycles. The van der Waals surface area contributed by atoms with Gasteiger partial charge in [0.25, 0.3) is 0 Å². The summed E-state index contributed by atoms with van der Waals surface area (Å²) < 4.78 is 11.3. The van der Waals surface area contributed by atoms with Crippen LogP contribution in [-0.4, -0.2) is 69.5 Å². The maximum absolute atomic E-state index is 5.97. The third-order valence-electron chi connectivity index (χ3n) is 5.61. The van der Waals surface area contributed by atoms with E-state index in [0.717, 1.165) is 89.1 Å². The predicted molar refractivity (Wildman–Crippen MR) is 134 cm³/mol. The zero-order valence-electron chi connectivity index (χ0n) is 17.9. The Morgan fingerprint density at radius 2 is 1.87 bits per heavy atom. The lowest BCUT2D eigenvalue weighted by molar-refractivity contribution is -0.0320. The number of halogens is 2. The molecule has 0 radical (unpaired) electrons. The number of ether oxygens (including phenoxy) is 2. The molecule has 0 bridgehead atoms. The van der Waals surface area contributed by atoms with Gasteiger partial charge in [0.1, 0.15) is 0 Å². The van der Waals surface area contributed by atoms with Crippen LogP contribution in [0.5, 0.6) is 0 Å². The van der Waals surface area contributed by atoms with E-state index in [1.807, 2.05) is 19.2 Å². The molecule has 170 valence electrons. The second-order valence-corrected chi connectivity index (χ2v) is 8.29. The van der Waals surface area contributed by atoms with Crippen molar-refractivity contribution in [2.45, 2.75) is 50.8 Å². The van der Waals surface area contributed by atoms with E-state index in [1.165, 1.54) is 5.56 Å². The smallest absolute Gasteiger partial charge is 0.191 e. The molecular formula is C22H36ClIN4O2. The van der Waals surface area contributed by atoms with Crippen LogP contribution < -0.4 is 10.6 Å². The van der Waals surface area contributed by atoms with Crippen molar-refractivity contribution >= 4 is 41.5 Å². The molecule has 2 aliphatic heterocycles. The van der Waals surface area contributed by atoms with Crippen LogP contribution in [0.25, 0.3) is 0 Å². The summed E-state index contributed by atoms with van der Waals surface area (Å²) in [6.07, 6.45) is 5.65. The van der Waals surface area contributed by atoms with Crippen molar-refractivity contribution in [1.29, 1.82) is 0 Å². The molecule has 2 aliphatic rings. The van der Waals surface area contributed by atoms with Crippen molar-refractivity contribution in [3.8, 4) is 0 Å². The molecule has 8 heteroatoms. The lowest BCUT2D eigenvalue weighted by atomic mass is 10.0. The van der Waals surface area contributed by atoms with Crippen molar-refractivity contribution in [2.75, 3.05) is 46.5 Å². The summed E-state index contributed by atoms with van der Waals surface area (Å²) in [6.45, 7) is 6.50. The van der Waals surface area contributed by atoms with Crippen LogP contribution in [0.4, 0.5) is 0 Å². The third-order valence-corrected chi connectivity index (χ3v) is 5.86. The Bertz CT molecular complexity index is 618. The number of hydrogen-bond acceptors (Lipinski definition) is 4. The molecule has 0 aliphatic carbocycles. The summed E-state index contributed by atoms with van der Waals surface area (Å²) in [5.41, 5.74) is 1.32. The summed E-state index contributed by atoms with van der Waals surface area (Å²) in [7, 11) is 1.84. The second kappa shape index (κ2) is 14.5. The fourth-order valence-corrected chi connectivity index (χ4v) is 3.97. The Hall–Kier alpha value is -0.610. The quantitative estimate of drug-likeness (QED) is 0.224. The zero-order chi connectivity index (χ0) is 20.3. The van der Waals surface area contributed by atoms with E-state index in [2.05, 4.69) is 32.7 Å². The van der Waals surface area contributed by atoms with E-state index in [0.29, 0.717) is 12.1 Å². The summed E-state index contributed by atoms with van der Waals surface area (Å²) in [5.74, 6) is 0.896. The van der Waals surface area contributed by atoms with Gasteiger partial charge in [-0.1, -0.05) is 23.7 Å². The van der Waals surface area contributed by atoms with Crippen LogP contribution in [0.2, 0.25) is 5.02 Å². The van der Waals surface area contributed by atoms with E-state index in [9.17, 15) is 0 Å². The number of benzene rings is 1. The van der Waals surface area contributed by atoms with E-state index in [1.54, 1.807) is 0 Å². The topological polar surface area (TPSA) is 58.1 Å². The van der Waals surface area contributed by atoms with Crippen molar-refractivity contribution in [3.63, 3.8) is 0 Å². The first kappa shape index (κ1) is 25.6. The molecule has 0 spiro atoms. The highest BCUT2D eigenvalue weighted by molar-refractivity contribution is 14.0. The Kier molecular flexibility index (Phi) is 12.4. The first-order valence-electron chi connectivity index (χ1n) is 10.9. The lowest BCUT2D eigenvalue weighted by Gasteiger charge is -2.33. The lowest BCUT2D eigenvalue weighted by Crippen LogP contribution is -2.48. The monoisotopic (exact) mass is 550 g/mol. The molecule has 0 amide bonds. The fourth-order valence-electron chi connectivity index (χ4n) is 3.84. The average Bonchev–Trinajstić information content (AvgIpc) is 2.76. The highest BCUT2D eigenvalue weighted by Crippen LogP contribution is 2.16. The third kappa shape index (κ3) is 9.26. The minimum Gasteiger partial charge on any atom is -0.381 e. The molecule has 0 unspecified atom stereocenters. The first-order valence-corrected chi connectivity index (χ1v) is 11.2. The van der Waals surface area contributed by atoms with Crippen LogP contribution in [0.1, 0.15) is 37.7 Å². The molecular weight excluding hydrogens is 515 g/mol. The highest BCUT2D eigenvalue weighted by Gasteiger charge is 2.20. The van der Waals surface area contributed by atoms with Gasteiger partial charge >= 0.3 is 0 Å². The first-order chi connectivity index (χ1) is 14.2. The predicted octanol–water partition coefficient (Wildman–Crippen LogP) is 3.67. The van der Waals surface area contributed by atoms with Crippen molar-refractivity contribution in [2.24, 2.45) is 4.99 Å². The van der Waals surface area contributed by atoms with Crippen LogP contribution in [0.15, 0.2) is 29.3 Å². The highest BCUT2D eigenvalue weighted by atomic mass is 127. The van der Waals surface area contributed by atoms with E-state index in [4.69, 9.17) is 21.1 Å². The standard InChI is InChI=1S/C22H35ClN4O2.HI/c1-24-22(25-11-2-14-29-21-9-15-28-16-10-21)26-20-7-12-27(13-8-20)17-18-3-5-19(23)6-4-18;/h3-6,20-21H,2,7-17H2,1H3,(H2,24,25,26);1H. The molecule has 30 heavy (non-hydrogen) atoms. The molecule has 0 aromatic heterocycles. The molecule has 0 atom stereocenters. The zero-order valence-corrected chi connectivity index (χ0v) is 21.0. The molecule has 1 aromatic rings. The summed E-state index contributed by atoms with van der Waals surface area (Å²) in [4.78, 5) is 6.88. The summed E-state index contributed by atoms with van der Waals surface area (Å²) in [5, 5.41) is 7.79. The Labute approximate surface area is 203 Å². The van der Waals surface area contributed by atoms with E-state index >= 15 is 0 Å². The van der Waals surface area contributed by atoms with Crippen molar-refractivity contribution in [1.82, 2.24) is 15.5 Å². The van der Waals surface area contributed by atoms with Gasteiger partial charge < -0.3 is 20.1 Å². The minimum atomic E-state index is 0. The normalized spacial score (nSPS) is 19.3. The van der Waals surface area contributed by atoms with Gasteiger partial charge in [-0.15, -0.1) is 24.0 Å².